The first kappa shape index (κ1) is 13.8. The Morgan fingerprint density at radius 1 is 1.26 bits per heavy atom. The number of hydrogen-bond acceptors (Lipinski definition) is 3. The lowest BCUT2D eigenvalue weighted by atomic mass is 9.96. The Bertz CT molecular complexity index is 505. The van der Waals surface area contributed by atoms with Crippen molar-refractivity contribution in [2.24, 2.45) is 0 Å². The van der Waals surface area contributed by atoms with Gasteiger partial charge in [-0.25, -0.2) is 0 Å². The number of hydrogen-bond donors (Lipinski definition) is 2. The molecule has 2 aromatic rings. The molecule has 1 heterocycles. The fourth-order valence-electron chi connectivity index (χ4n) is 2.13. The van der Waals surface area contributed by atoms with Crippen molar-refractivity contribution in [3.8, 4) is 0 Å². The standard InChI is InChI=1S/C15H21N3O/c1-3-18-14(9-10-17-18)11-16-12-15(2,19)13-7-5-4-6-8-13/h4-10,16,19H,3,11-12H2,1-2H3. The van der Waals surface area contributed by atoms with Crippen molar-refractivity contribution in [2.75, 3.05) is 6.54 Å². The van der Waals surface area contributed by atoms with Gasteiger partial charge in [0.2, 0.25) is 0 Å². The Kier molecular flexibility index (Phi) is 4.35. The van der Waals surface area contributed by atoms with Gasteiger partial charge in [0.05, 0.1) is 11.3 Å². The minimum absolute atomic E-state index is 0.506. The number of benzene rings is 1. The number of nitrogens with zero attached hydrogens (tertiary/aromatic N) is 2. The molecule has 0 saturated carbocycles. The molecule has 1 atom stereocenters. The summed E-state index contributed by atoms with van der Waals surface area (Å²) in [5.74, 6) is 0. The van der Waals surface area contributed by atoms with Crippen LogP contribution in [0.5, 0.6) is 0 Å². The molecule has 1 aromatic heterocycles. The first-order valence-corrected chi connectivity index (χ1v) is 6.63. The third-order valence-corrected chi connectivity index (χ3v) is 3.28. The second kappa shape index (κ2) is 5.99. The first-order valence-electron chi connectivity index (χ1n) is 6.63. The summed E-state index contributed by atoms with van der Waals surface area (Å²) in [4.78, 5) is 0. The monoisotopic (exact) mass is 259 g/mol. The van der Waals surface area contributed by atoms with Crippen molar-refractivity contribution in [3.63, 3.8) is 0 Å². The van der Waals surface area contributed by atoms with Crippen LogP contribution in [0, 0.1) is 0 Å². The Hall–Kier alpha value is -1.65. The van der Waals surface area contributed by atoms with Crippen LogP contribution in [-0.4, -0.2) is 21.4 Å². The van der Waals surface area contributed by atoms with Crippen LogP contribution in [0.2, 0.25) is 0 Å². The van der Waals surface area contributed by atoms with Crippen molar-refractivity contribution in [2.45, 2.75) is 32.5 Å². The molecule has 4 heteroatoms. The molecule has 0 spiro atoms. The molecule has 0 bridgehead atoms. The molecule has 0 saturated heterocycles. The summed E-state index contributed by atoms with van der Waals surface area (Å²) in [5, 5.41) is 18.0. The first-order chi connectivity index (χ1) is 9.13. The summed E-state index contributed by atoms with van der Waals surface area (Å²) >= 11 is 0. The van der Waals surface area contributed by atoms with E-state index in [1.54, 1.807) is 6.20 Å². The predicted molar refractivity (Wildman–Crippen MR) is 75.6 cm³/mol. The average Bonchev–Trinajstić information content (AvgIpc) is 2.87. The molecular formula is C15H21N3O. The zero-order valence-corrected chi connectivity index (χ0v) is 11.5. The van der Waals surface area contributed by atoms with E-state index in [2.05, 4.69) is 17.3 Å². The highest BCUT2D eigenvalue weighted by Crippen LogP contribution is 2.19. The summed E-state index contributed by atoms with van der Waals surface area (Å²) in [6, 6.07) is 11.7. The minimum atomic E-state index is -0.863. The molecule has 2 rings (SSSR count). The molecule has 19 heavy (non-hydrogen) atoms. The van der Waals surface area contributed by atoms with E-state index >= 15 is 0 Å². The fourth-order valence-corrected chi connectivity index (χ4v) is 2.13. The lowest BCUT2D eigenvalue weighted by molar-refractivity contribution is 0.0565. The molecule has 0 aliphatic carbocycles. The van der Waals surface area contributed by atoms with Crippen LogP contribution in [0.3, 0.4) is 0 Å². The van der Waals surface area contributed by atoms with Gasteiger partial charge in [0.15, 0.2) is 0 Å². The number of aryl methyl sites for hydroxylation is 1. The number of aliphatic hydroxyl groups is 1. The van der Waals surface area contributed by atoms with Crippen LogP contribution in [0.1, 0.15) is 25.1 Å². The number of aromatic nitrogens is 2. The summed E-state index contributed by atoms with van der Waals surface area (Å²) in [5.41, 5.74) is 1.19. The van der Waals surface area contributed by atoms with Gasteiger partial charge >= 0.3 is 0 Å². The third kappa shape index (κ3) is 3.43. The molecule has 1 unspecified atom stereocenters. The Morgan fingerprint density at radius 2 is 2.00 bits per heavy atom. The van der Waals surface area contributed by atoms with Crippen molar-refractivity contribution in [3.05, 3.63) is 53.9 Å². The largest absolute Gasteiger partial charge is 0.384 e. The summed E-state index contributed by atoms with van der Waals surface area (Å²) in [6.07, 6.45) is 1.80. The highest BCUT2D eigenvalue weighted by Gasteiger charge is 2.22. The summed E-state index contributed by atoms with van der Waals surface area (Å²) in [7, 11) is 0. The molecular weight excluding hydrogens is 238 g/mol. The van der Waals surface area contributed by atoms with Gasteiger partial charge < -0.3 is 10.4 Å². The Morgan fingerprint density at radius 3 is 2.68 bits per heavy atom. The maximum Gasteiger partial charge on any atom is 0.0992 e. The Balaban J connectivity index is 1.92. The van der Waals surface area contributed by atoms with Gasteiger partial charge in [-0.3, -0.25) is 4.68 Å². The molecule has 0 fully saturated rings. The molecule has 0 amide bonds. The molecule has 0 aliphatic heterocycles. The van der Waals surface area contributed by atoms with Crippen molar-refractivity contribution in [1.29, 1.82) is 0 Å². The van der Waals surface area contributed by atoms with Crippen LogP contribution in [0.15, 0.2) is 42.6 Å². The van der Waals surface area contributed by atoms with Gasteiger partial charge in [-0.05, 0) is 25.5 Å². The summed E-state index contributed by atoms with van der Waals surface area (Å²) in [6.45, 7) is 5.96. The van der Waals surface area contributed by atoms with E-state index in [9.17, 15) is 5.11 Å². The van der Waals surface area contributed by atoms with Crippen LogP contribution >= 0.6 is 0 Å². The van der Waals surface area contributed by atoms with Gasteiger partial charge in [0, 0.05) is 25.8 Å². The topological polar surface area (TPSA) is 50.1 Å². The summed E-state index contributed by atoms with van der Waals surface area (Å²) < 4.78 is 1.95. The van der Waals surface area contributed by atoms with Crippen LogP contribution in [-0.2, 0) is 18.7 Å². The fraction of sp³-hybridized carbons (Fsp3) is 0.400. The lowest BCUT2D eigenvalue weighted by Gasteiger charge is -2.24. The SMILES string of the molecule is CCn1nccc1CNCC(C)(O)c1ccccc1. The van der Waals surface area contributed by atoms with Gasteiger partial charge in [-0.15, -0.1) is 0 Å². The smallest absolute Gasteiger partial charge is 0.0992 e. The van der Waals surface area contributed by atoms with E-state index < -0.39 is 5.60 Å². The van der Waals surface area contributed by atoms with Gasteiger partial charge in [0.25, 0.3) is 0 Å². The quantitative estimate of drug-likeness (QED) is 0.833. The normalized spacial score (nSPS) is 14.3. The highest BCUT2D eigenvalue weighted by molar-refractivity contribution is 5.21. The van der Waals surface area contributed by atoms with E-state index in [-0.39, 0.29) is 0 Å². The second-order valence-corrected chi connectivity index (χ2v) is 4.88. The zero-order valence-electron chi connectivity index (χ0n) is 11.5. The maximum atomic E-state index is 10.5. The number of nitrogens with one attached hydrogen (secondary N) is 1. The van der Waals surface area contributed by atoms with Crippen LogP contribution < -0.4 is 5.32 Å². The van der Waals surface area contributed by atoms with E-state index in [1.165, 1.54) is 0 Å². The molecule has 1 aromatic carbocycles. The van der Waals surface area contributed by atoms with Crippen molar-refractivity contribution < 1.29 is 5.11 Å². The molecule has 102 valence electrons. The average molecular weight is 259 g/mol. The minimum Gasteiger partial charge on any atom is -0.384 e. The van der Waals surface area contributed by atoms with E-state index in [1.807, 2.05) is 48.0 Å². The highest BCUT2D eigenvalue weighted by atomic mass is 16.3. The molecule has 0 radical (unpaired) electrons. The predicted octanol–water partition coefficient (Wildman–Crippen LogP) is 1.90. The van der Waals surface area contributed by atoms with E-state index in [4.69, 9.17) is 0 Å². The second-order valence-electron chi connectivity index (χ2n) is 4.88. The molecule has 2 N–H and O–H groups in total. The van der Waals surface area contributed by atoms with Gasteiger partial charge in [-0.2, -0.15) is 5.10 Å². The molecule has 4 nitrogen and oxygen atoms in total. The molecule has 0 aliphatic rings. The maximum absolute atomic E-state index is 10.5. The Labute approximate surface area is 114 Å². The van der Waals surface area contributed by atoms with Crippen LogP contribution in [0.25, 0.3) is 0 Å². The van der Waals surface area contributed by atoms with E-state index in [0.717, 1.165) is 17.8 Å². The number of rotatable bonds is 6. The van der Waals surface area contributed by atoms with Gasteiger partial charge in [-0.1, -0.05) is 30.3 Å². The van der Waals surface area contributed by atoms with Crippen LogP contribution in [0.4, 0.5) is 0 Å². The van der Waals surface area contributed by atoms with Gasteiger partial charge in [0.1, 0.15) is 0 Å². The lowest BCUT2D eigenvalue weighted by Crippen LogP contribution is -2.35. The van der Waals surface area contributed by atoms with E-state index in [0.29, 0.717) is 13.1 Å². The zero-order chi connectivity index (χ0) is 13.7. The van der Waals surface area contributed by atoms with Crippen molar-refractivity contribution >= 4 is 0 Å². The third-order valence-electron chi connectivity index (χ3n) is 3.28. The van der Waals surface area contributed by atoms with Crippen molar-refractivity contribution in [1.82, 2.24) is 15.1 Å².